The van der Waals surface area contributed by atoms with E-state index in [0.717, 1.165) is 94.9 Å². The molecule has 1 unspecified atom stereocenters. The lowest BCUT2D eigenvalue weighted by Gasteiger charge is -2.41. The molecule has 1 saturated heterocycles. The lowest BCUT2D eigenvalue weighted by Crippen LogP contribution is -2.48. The van der Waals surface area contributed by atoms with Crippen LogP contribution >= 0.6 is 0 Å². The maximum absolute atomic E-state index is 13.6. The molecule has 0 radical (unpaired) electrons. The molecule has 8 nitrogen and oxygen atoms in total. The number of piperazine rings is 1. The highest BCUT2D eigenvalue weighted by Crippen LogP contribution is 2.40. The predicted molar refractivity (Wildman–Crippen MR) is 180 cm³/mol. The van der Waals surface area contributed by atoms with Crippen molar-refractivity contribution in [2.24, 2.45) is 0 Å². The molecule has 2 aliphatic rings. The fraction of sp³-hybridized carbons (Fsp3) is 0.421. The van der Waals surface area contributed by atoms with Gasteiger partial charge in [0.2, 0.25) is 0 Å². The number of nitrogens with zero attached hydrogens (tertiary/aromatic N) is 2. The van der Waals surface area contributed by atoms with Crippen LogP contribution in [0.5, 0.6) is 5.75 Å². The van der Waals surface area contributed by atoms with Crippen molar-refractivity contribution in [1.29, 1.82) is 0 Å². The predicted octanol–water partition coefficient (Wildman–Crippen LogP) is 6.48. The minimum Gasteiger partial charge on any atom is -0.497 e. The van der Waals surface area contributed by atoms with Crippen LogP contribution in [0.1, 0.15) is 60.8 Å². The Kier molecular flexibility index (Phi) is 13.7. The molecule has 0 spiro atoms. The molecule has 0 amide bonds. The molecule has 3 aromatic carbocycles. The van der Waals surface area contributed by atoms with E-state index >= 15 is 0 Å². The third kappa shape index (κ3) is 10.4. The summed E-state index contributed by atoms with van der Waals surface area (Å²) in [5.41, 5.74) is 4.63. The number of hydrogen-bond acceptors (Lipinski definition) is 6. The fourth-order valence-corrected chi connectivity index (χ4v) is 6.61. The third-order valence-corrected chi connectivity index (χ3v) is 9.30. The highest BCUT2D eigenvalue weighted by molar-refractivity contribution is 5.89. The molecular formula is C38H46F2N2O6. The number of halogens is 2. The quantitative estimate of drug-likeness (QED) is 0.200. The molecule has 10 heteroatoms. The van der Waals surface area contributed by atoms with E-state index in [0.29, 0.717) is 12.2 Å². The van der Waals surface area contributed by atoms with E-state index in [1.54, 1.807) is 7.11 Å². The van der Waals surface area contributed by atoms with Gasteiger partial charge in [-0.3, -0.25) is 0 Å². The van der Waals surface area contributed by atoms with E-state index in [2.05, 4.69) is 34.9 Å². The summed E-state index contributed by atoms with van der Waals surface area (Å²) in [4.78, 5) is 24.2. The second-order valence-electron chi connectivity index (χ2n) is 12.2. The molecule has 0 bridgehead atoms. The van der Waals surface area contributed by atoms with Gasteiger partial charge in [0, 0.05) is 50.8 Å². The number of carboxylic acid groups (broad SMARTS) is 2. The first-order valence-corrected chi connectivity index (χ1v) is 16.5. The number of hydrogen-bond donors (Lipinski definition) is 2. The van der Waals surface area contributed by atoms with Gasteiger partial charge >= 0.3 is 11.9 Å². The lowest BCUT2D eigenvalue weighted by atomic mass is 9.81. The van der Waals surface area contributed by atoms with E-state index in [1.165, 1.54) is 35.4 Å². The molecule has 1 atom stereocenters. The van der Waals surface area contributed by atoms with Gasteiger partial charge in [-0.25, -0.2) is 18.4 Å². The van der Waals surface area contributed by atoms with E-state index in [9.17, 15) is 18.4 Å². The number of methoxy groups -OCH3 is 1. The zero-order chi connectivity index (χ0) is 34.5. The first kappa shape index (κ1) is 36.7. The van der Waals surface area contributed by atoms with Crippen molar-refractivity contribution in [3.8, 4) is 5.75 Å². The van der Waals surface area contributed by atoms with Crippen molar-refractivity contribution >= 4 is 11.9 Å². The molecule has 1 fully saturated rings. The summed E-state index contributed by atoms with van der Waals surface area (Å²) < 4.78 is 39.0. The van der Waals surface area contributed by atoms with Crippen LogP contribution in [-0.2, 0) is 26.3 Å². The van der Waals surface area contributed by atoms with Crippen molar-refractivity contribution < 1.29 is 38.1 Å². The molecule has 2 N–H and O–H groups in total. The van der Waals surface area contributed by atoms with Gasteiger partial charge in [-0.05, 0) is 97.3 Å². The highest BCUT2D eigenvalue weighted by atomic mass is 19.1. The Bertz CT molecular complexity index is 1450. The summed E-state index contributed by atoms with van der Waals surface area (Å²) in [6.07, 6.45) is 6.00. The van der Waals surface area contributed by atoms with Crippen LogP contribution in [-0.4, -0.2) is 84.9 Å². The molecule has 2 aliphatic heterocycles. The van der Waals surface area contributed by atoms with Gasteiger partial charge in [-0.2, -0.15) is 0 Å². The summed E-state index contributed by atoms with van der Waals surface area (Å²) in [6.45, 7) is 9.32. The molecular weight excluding hydrogens is 618 g/mol. The van der Waals surface area contributed by atoms with Crippen LogP contribution in [0.25, 0.3) is 0 Å². The molecule has 48 heavy (non-hydrogen) atoms. The van der Waals surface area contributed by atoms with Gasteiger partial charge in [0.15, 0.2) is 0 Å². The van der Waals surface area contributed by atoms with Crippen LogP contribution < -0.4 is 4.74 Å². The Balaban J connectivity index is 0.000000579. The molecule has 3 aromatic rings. The van der Waals surface area contributed by atoms with E-state index in [-0.39, 0.29) is 23.2 Å². The molecule has 0 aromatic heterocycles. The van der Waals surface area contributed by atoms with Gasteiger partial charge in [-0.15, -0.1) is 0 Å². The smallest absolute Gasteiger partial charge is 0.328 e. The Morgan fingerprint density at radius 3 is 1.92 bits per heavy atom. The van der Waals surface area contributed by atoms with Crippen molar-refractivity contribution in [2.75, 3.05) is 53.0 Å². The van der Waals surface area contributed by atoms with E-state index in [1.807, 2.05) is 24.3 Å². The summed E-state index contributed by atoms with van der Waals surface area (Å²) >= 11 is 0. The first-order chi connectivity index (χ1) is 23.1. The second kappa shape index (κ2) is 17.9. The van der Waals surface area contributed by atoms with Gasteiger partial charge in [0.1, 0.15) is 17.4 Å². The van der Waals surface area contributed by atoms with Gasteiger partial charge < -0.3 is 29.5 Å². The van der Waals surface area contributed by atoms with E-state index in [4.69, 9.17) is 19.7 Å². The molecule has 0 aliphatic carbocycles. The number of fused-ring (bicyclic) bond motifs is 1. The monoisotopic (exact) mass is 664 g/mol. The Labute approximate surface area is 281 Å². The number of carbonyl (C=O) groups is 2. The number of ether oxygens (including phenoxy) is 2. The topological polar surface area (TPSA) is 99.5 Å². The zero-order valence-electron chi connectivity index (χ0n) is 27.7. The summed E-state index contributed by atoms with van der Waals surface area (Å²) in [7, 11) is 1.73. The molecule has 5 rings (SSSR count). The number of aliphatic carboxylic acids is 2. The fourth-order valence-electron chi connectivity index (χ4n) is 6.61. The maximum Gasteiger partial charge on any atom is 0.328 e. The summed E-state index contributed by atoms with van der Waals surface area (Å²) in [5, 5.41) is 15.6. The maximum atomic E-state index is 13.6. The standard InChI is InChI=1S/C34H42F2N2O2.C4H4O4/c1-3-34(33-15-14-31(39-2)25-28(33)16-24-40-34)17-19-38-22-20-37(21-23-38)18-4-5-32(26-6-10-29(35)11-7-26)27-8-12-30(36)13-9-27;5-3(6)1-2-4(7)8/h6-15,25,32H,3-5,16-24H2,1-2H3;1-2H,(H,5,6)(H,7,8)/b;2-1-. The Morgan fingerprint density at radius 2 is 1.42 bits per heavy atom. The van der Waals surface area contributed by atoms with Crippen molar-refractivity contribution in [1.82, 2.24) is 9.80 Å². The molecule has 0 saturated carbocycles. The SMILES string of the molecule is CCC1(CCN2CCN(CCCC(c3ccc(F)cc3)c3ccc(F)cc3)CC2)OCCc2cc(OC)ccc21.O=C(O)/C=C\C(=O)O. The third-order valence-electron chi connectivity index (χ3n) is 9.30. The number of rotatable bonds is 13. The molecule has 2 heterocycles. The minimum atomic E-state index is -1.26. The normalized spacial score (nSPS) is 18.3. The van der Waals surface area contributed by atoms with Crippen molar-refractivity contribution in [3.63, 3.8) is 0 Å². The Hall–Kier alpha value is -4.12. The summed E-state index contributed by atoms with van der Waals surface area (Å²) in [6, 6.07) is 19.9. The van der Waals surface area contributed by atoms with E-state index < -0.39 is 11.9 Å². The molecule has 258 valence electrons. The van der Waals surface area contributed by atoms with Crippen LogP contribution in [0.3, 0.4) is 0 Å². The number of benzene rings is 3. The summed E-state index contributed by atoms with van der Waals surface area (Å²) in [5.74, 6) is -1.93. The van der Waals surface area contributed by atoms with Gasteiger partial charge in [-0.1, -0.05) is 37.3 Å². The highest BCUT2D eigenvalue weighted by Gasteiger charge is 2.37. The van der Waals surface area contributed by atoms with Crippen LogP contribution in [0, 0.1) is 11.6 Å². The number of carboxylic acids is 2. The van der Waals surface area contributed by atoms with Gasteiger partial charge in [0.05, 0.1) is 19.3 Å². The zero-order valence-corrected chi connectivity index (χ0v) is 27.7. The minimum absolute atomic E-state index is 0.131. The van der Waals surface area contributed by atoms with Crippen LogP contribution in [0.4, 0.5) is 8.78 Å². The van der Waals surface area contributed by atoms with Crippen molar-refractivity contribution in [2.45, 2.75) is 50.5 Å². The van der Waals surface area contributed by atoms with Crippen molar-refractivity contribution in [3.05, 3.63) is 113 Å². The second-order valence-corrected chi connectivity index (χ2v) is 12.2. The Morgan fingerprint density at radius 1 is 0.875 bits per heavy atom. The largest absolute Gasteiger partial charge is 0.497 e. The van der Waals surface area contributed by atoms with Crippen LogP contribution in [0.15, 0.2) is 78.9 Å². The lowest BCUT2D eigenvalue weighted by molar-refractivity contribution is -0.134. The van der Waals surface area contributed by atoms with Crippen LogP contribution in [0.2, 0.25) is 0 Å². The first-order valence-electron chi connectivity index (χ1n) is 16.5. The van der Waals surface area contributed by atoms with Gasteiger partial charge in [0.25, 0.3) is 0 Å². The average molecular weight is 665 g/mol. The average Bonchev–Trinajstić information content (AvgIpc) is 3.10.